The molecule has 0 radical (unpaired) electrons. The van der Waals surface area contributed by atoms with Crippen LogP contribution >= 0.6 is 0 Å². The molecule has 7 heteroatoms. The fourth-order valence-electron chi connectivity index (χ4n) is 1.72. The zero-order valence-electron chi connectivity index (χ0n) is 10.8. The quantitative estimate of drug-likeness (QED) is 0.935. The highest BCUT2D eigenvalue weighted by Crippen LogP contribution is 2.19. The lowest BCUT2D eigenvalue weighted by Gasteiger charge is -2.07. The minimum Gasteiger partial charge on any atom is -0.435 e. The van der Waals surface area contributed by atoms with Gasteiger partial charge in [0.1, 0.15) is 17.1 Å². The normalized spacial score (nSPS) is 10.7. The molecule has 0 aliphatic rings. The maximum absolute atomic E-state index is 12.0. The Morgan fingerprint density at radius 1 is 1.30 bits per heavy atom. The van der Waals surface area contributed by atoms with Gasteiger partial charge in [0, 0.05) is 5.69 Å². The lowest BCUT2D eigenvalue weighted by molar-refractivity contribution is -0.0498. The van der Waals surface area contributed by atoms with Crippen molar-refractivity contribution in [1.82, 2.24) is 5.16 Å². The predicted molar refractivity (Wildman–Crippen MR) is 67.0 cm³/mol. The van der Waals surface area contributed by atoms with Crippen LogP contribution in [0.5, 0.6) is 5.75 Å². The van der Waals surface area contributed by atoms with E-state index in [0.717, 1.165) is 0 Å². The summed E-state index contributed by atoms with van der Waals surface area (Å²) in [4.78, 5) is 12.0. The SMILES string of the molecule is Cc1noc(C)c1C(=O)Nc1ccc(OC(F)F)cc1. The molecule has 20 heavy (non-hydrogen) atoms. The summed E-state index contributed by atoms with van der Waals surface area (Å²) in [5.41, 5.74) is 1.30. The molecule has 0 bridgehead atoms. The van der Waals surface area contributed by atoms with Gasteiger partial charge in [0.05, 0.1) is 5.69 Å². The molecule has 0 aliphatic carbocycles. The first-order valence-electron chi connectivity index (χ1n) is 5.76. The second kappa shape index (κ2) is 5.68. The zero-order valence-corrected chi connectivity index (χ0v) is 10.8. The number of carbonyl (C=O) groups is 1. The summed E-state index contributed by atoms with van der Waals surface area (Å²) >= 11 is 0. The van der Waals surface area contributed by atoms with Crippen molar-refractivity contribution >= 4 is 11.6 Å². The topological polar surface area (TPSA) is 64.4 Å². The Morgan fingerprint density at radius 3 is 2.45 bits per heavy atom. The van der Waals surface area contributed by atoms with Gasteiger partial charge in [0.15, 0.2) is 0 Å². The summed E-state index contributed by atoms with van der Waals surface area (Å²) in [5.74, 6) is 0.0665. The monoisotopic (exact) mass is 282 g/mol. The van der Waals surface area contributed by atoms with Crippen LogP contribution in [0.4, 0.5) is 14.5 Å². The van der Waals surface area contributed by atoms with Gasteiger partial charge < -0.3 is 14.6 Å². The summed E-state index contributed by atoms with van der Waals surface area (Å²) < 4.78 is 33.1. The molecule has 2 rings (SSSR count). The third kappa shape index (κ3) is 3.11. The van der Waals surface area contributed by atoms with Crippen LogP contribution < -0.4 is 10.1 Å². The van der Waals surface area contributed by atoms with Crippen molar-refractivity contribution in [1.29, 1.82) is 0 Å². The number of halogens is 2. The van der Waals surface area contributed by atoms with Gasteiger partial charge >= 0.3 is 6.61 Å². The highest BCUT2D eigenvalue weighted by atomic mass is 19.3. The highest BCUT2D eigenvalue weighted by molar-refractivity contribution is 6.05. The fourth-order valence-corrected chi connectivity index (χ4v) is 1.72. The van der Waals surface area contributed by atoms with Gasteiger partial charge in [-0.25, -0.2) is 0 Å². The average Bonchev–Trinajstić information content (AvgIpc) is 2.71. The Kier molecular flexibility index (Phi) is 3.97. The van der Waals surface area contributed by atoms with E-state index < -0.39 is 6.61 Å². The number of hydrogen-bond donors (Lipinski definition) is 1. The first kappa shape index (κ1) is 14.0. The van der Waals surface area contributed by atoms with Crippen LogP contribution in [0.1, 0.15) is 21.8 Å². The number of alkyl halides is 2. The molecule has 0 fully saturated rings. The second-order valence-electron chi connectivity index (χ2n) is 4.06. The molecule has 5 nitrogen and oxygen atoms in total. The number of rotatable bonds is 4. The lowest BCUT2D eigenvalue weighted by atomic mass is 10.2. The van der Waals surface area contributed by atoms with E-state index in [1.54, 1.807) is 13.8 Å². The third-order valence-corrected chi connectivity index (χ3v) is 2.60. The number of carbonyl (C=O) groups excluding carboxylic acids is 1. The van der Waals surface area contributed by atoms with E-state index in [-0.39, 0.29) is 11.7 Å². The van der Waals surface area contributed by atoms with Crippen molar-refractivity contribution in [2.75, 3.05) is 5.32 Å². The smallest absolute Gasteiger partial charge is 0.387 e. The molecule has 1 amide bonds. The number of nitrogens with zero attached hydrogens (tertiary/aromatic N) is 1. The Hall–Kier alpha value is -2.44. The number of benzene rings is 1. The fraction of sp³-hybridized carbons (Fsp3) is 0.231. The Balaban J connectivity index is 2.09. The summed E-state index contributed by atoms with van der Waals surface area (Å²) in [5, 5.41) is 6.31. The largest absolute Gasteiger partial charge is 0.435 e. The molecule has 0 aliphatic heterocycles. The van der Waals surface area contributed by atoms with Crippen molar-refractivity contribution in [3.63, 3.8) is 0 Å². The summed E-state index contributed by atoms with van der Waals surface area (Å²) in [6, 6.07) is 5.62. The number of nitrogens with one attached hydrogen (secondary N) is 1. The van der Waals surface area contributed by atoms with E-state index in [4.69, 9.17) is 4.52 Å². The molecule has 0 spiro atoms. The molecule has 0 unspecified atom stereocenters. The molecular weight excluding hydrogens is 270 g/mol. The minimum atomic E-state index is -2.88. The third-order valence-electron chi connectivity index (χ3n) is 2.60. The van der Waals surface area contributed by atoms with Crippen LogP contribution in [-0.2, 0) is 0 Å². The van der Waals surface area contributed by atoms with E-state index in [1.165, 1.54) is 24.3 Å². The Morgan fingerprint density at radius 2 is 1.95 bits per heavy atom. The van der Waals surface area contributed by atoms with Crippen LogP contribution in [0.3, 0.4) is 0 Å². The molecule has 0 saturated heterocycles. The lowest BCUT2D eigenvalue weighted by Crippen LogP contribution is -2.13. The number of anilines is 1. The van der Waals surface area contributed by atoms with E-state index in [9.17, 15) is 13.6 Å². The highest BCUT2D eigenvalue weighted by Gasteiger charge is 2.17. The van der Waals surface area contributed by atoms with Crippen molar-refractivity contribution in [3.05, 3.63) is 41.3 Å². The Bertz CT molecular complexity index is 589. The van der Waals surface area contributed by atoms with Gasteiger partial charge in [0.25, 0.3) is 5.91 Å². The van der Waals surface area contributed by atoms with E-state index >= 15 is 0 Å². The van der Waals surface area contributed by atoms with Crippen molar-refractivity contribution in [3.8, 4) is 5.75 Å². The van der Waals surface area contributed by atoms with Gasteiger partial charge in [-0.2, -0.15) is 8.78 Å². The summed E-state index contributed by atoms with van der Waals surface area (Å²) in [7, 11) is 0. The first-order chi connectivity index (χ1) is 9.47. The standard InChI is InChI=1S/C13H12F2N2O3/c1-7-11(8(2)20-17-7)12(18)16-9-3-5-10(6-4-9)19-13(14)15/h3-6,13H,1-2H3,(H,16,18). The molecule has 0 saturated carbocycles. The van der Waals surface area contributed by atoms with Gasteiger partial charge in [-0.15, -0.1) is 0 Å². The number of aryl methyl sites for hydroxylation is 2. The van der Waals surface area contributed by atoms with Crippen molar-refractivity contribution in [2.24, 2.45) is 0 Å². The van der Waals surface area contributed by atoms with Crippen LogP contribution in [-0.4, -0.2) is 17.7 Å². The number of amides is 1. The van der Waals surface area contributed by atoms with Gasteiger partial charge in [-0.1, -0.05) is 5.16 Å². The molecule has 1 heterocycles. The van der Waals surface area contributed by atoms with Crippen LogP contribution in [0.15, 0.2) is 28.8 Å². The van der Waals surface area contributed by atoms with E-state index in [2.05, 4.69) is 15.2 Å². The average molecular weight is 282 g/mol. The van der Waals surface area contributed by atoms with Crippen LogP contribution in [0.25, 0.3) is 0 Å². The molecule has 0 atom stereocenters. The molecule has 1 aromatic heterocycles. The predicted octanol–water partition coefficient (Wildman–Crippen LogP) is 3.15. The van der Waals surface area contributed by atoms with Crippen LogP contribution in [0, 0.1) is 13.8 Å². The Labute approximate surface area is 113 Å². The summed E-state index contributed by atoms with van der Waals surface area (Å²) in [6.45, 7) is 0.414. The summed E-state index contributed by atoms with van der Waals surface area (Å²) in [6.07, 6.45) is 0. The maximum Gasteiger partial charge on any atom is 0.387 e. The minimum absolute atomic E-state index is 0.0235. The zero-order chi connectivity index (χ0) is 14.7. The second-order valence-corrected chi connectivity index (χ2v) is 4.06. The van der Waals surface area contributed by atoms with Gasteiger partial charge in [0.2, 0.25) is 0 Å². The van der Waals surface area contributed by atoms with E-state index in [1.807, 2.05) is 0 Å². The van der Waals surface area contributed by atoms with E-state index in [0.29, 0.717) is 22.7 Å². The maximum atomic E-state index is 12.0. The first-order valence-corrected chi connectivity index (χ1v) is 5.76. The molecule has 1 N–H and O–H groups in total. The van der Waals surface area contributed by atoms with Crippen molar-refractivity contribution in [2.45, 2.75) is 20.5 Å². The molecule has 106 valence electrons. The molecule has 1 aromatic carbocycles. The van der Waals surface area contributed by atoms with Crippen LogP contribution in [0.2, 0.25) is 0 Å². The number of hydrogen-bond acceptors (Lipinski definition) is 4. The molecule has 2 aromatic rings. The number of ether oxygens (including phenoxy) is 1. The van der Waals surface area contributed by atoms with Crippen molar-refractivity contribution < 1.29 is 22.8 Å². The van der Waals surface area contributed by atoms with Gasteiger partial charge in [-0.05, 0) is 38.1 Å². The molecular formula is C13H12F2N2O3. The number of aromatic nitrogens is 1. The van der Waals surface area contributed by atoms with Gasteiger partial charge in [-0.3, -0.25) is 4.79 Å².